The lowest BCUT2D eigenvalue weighted by atomic mass is 9.84. The molecule has 4 heteroatoms. The largest absolute Gasteiger partial charge is 0.466 e. The Kier molecular flexibility index (Phi) is 7.44. The zero-order chi connectivity index (χ0) is 17.4. The van der Waals surface area contributed by atoms with E-state index in [2.05, 4.69) is 54.1 Å². The van der Waals surface area contributed by atoms with Gasteiger partial charge < -0.3 is 9.64 Å². The molecule has 0 aliphatic heterocycles. The summed E-state index contributed by atoms with van der Waals surface area (Å²) < 4.78 is 7.72. The number of hydrogen-bond donors (Lipinski definition) is 0. The fraction of sp³-hybridized carbons (Fsp3) is 0.600. The van der Waals surface area contributed by atoms with E-state index in [1.165, 1.54) is 12.0 Å². The van der Waals surface area contributed by atoms with Crippen molar-refractivity contribution in [2.24, 2.45) is 5.92 Å². The monoisotopic (exact) mass is 331 g/mol. The SMILES string of the molecule is CCOC(=O)C1CCCCC1[N+](=Cc1ccccc1)CCN(C)C. The molecule has 1 aromatic carbocycles. The molecule has 2 unspecified atom stereocenters. The van der Waals surface area contributed by atoms with Crippen LogP contribution in [0.15, 0.2) is 30.3 Å². The van der Waals surface area contributed by atoms with Crippen LogP contribution < -0.4 is 0 Å². The van der Waals surface area contributed by atoms with Crippen LogP contribution in [0.5, 0.6) is 0 Å². The molecule has 1 saturated carbocycles. The molecule has 132 valence electrons. The molecule has 1 fully saturated rings. The van der Waals surface area contributed by atoms with Crippen LogP contribution in [0.2, 0.25) is 0 Å². The maximum atomic E-state index is 12.4. The fourth-order valence-corrected chi connectivity index (χ4v) is 3.40. The first-order chi connectivity index (χ1) is 11.6. The molecular formula is C20H31N2O2+. The average Bonchev–Trinajstić information content (AvgIpc) is 2.59. The number of carbonyl (C=O) groups excluding carboxylic acids is 1. The highest BCUT2D eigenvalue weighted by Crippen LogP contribution is 2.28. The Bertz CT molecular complexity index is 540. The van der Waals surface area contributed by atoms with Crippen molar-refractivity contribution < 1.29 is 14.1 Å². The number of likely N-dealkylation sites (N-methyl/N-ethyl adjacent to an activating group) is 1. The maximum absolute atomic E-state index is 12.4. The number of esters is 1. The molecule has 2 atom stereocenters. The van der Waals surface area contributed by atoms with Gasteiger partial charge in [0.2, 0.25) is 0 Å². The number of nitrogens with zero attached hydrogens (tertiary/aromatic N) is 2. The van der Waals surface area contributed by atoms with Gasteiger partial charge in [0, 0.05) is 12.0 Å². The highest BCUT2D eigenvalue weighted by molar-refractivity contribution is 5.76. The van der Waals surface area contributed by atoms with E-state index in [1.807, 2.05) is 13.0 Å². The summed E-state index contributed by atoms with van der Waals surface area (Å²) in [4.78, 5) is 14.6. The second-order valence-corrected chi connectivity index (χ2v) is 6.79. The number of rotatable bonds is 7. The standard InChI is InChI=1S/C20H31N2O2/c1-4-24-20(23)18-12-8-9-13-19(18)22(15-14-21(2)3)16-17-10-6-5-7-11-17/h5-7,10-11,16,18-19H,4,8-9,12-15H2,1-3H3/q+1. The van der Waals surface area contributed by atoms with E-state index < -0.39 is 0 Å². The van der Waals surface area contributed by atoms with Gasteiger partial charge in [-0.15, -0.1) is 0 Å². The van der Waals surface area contributed by atoms with Crippen LogP contribution in [0.1, 0.15) is 38.2 Å². The normalized spacial score (nSPS) is 21.8. The molecule has 4 nitrogen and oxygen atoms in total. The Morgan fingerprint density at radius 1 is 1.25 bits per heavy atom. The highest BCUT2D eigenvalue weighted by Gasteiger charge is 2.39. The summed E-state index contributed by atoms with van der Waals surface area (Å²) in [7, 11) is 4.18. The molecule has 0 aromatic heterocycles. The predicted octanol–water partition coefficient (Wildman–Crippen LogP) is 2.80. The molecular weight excluding hydrogens is 300 g/mol. The summed E-state index contributed by atoms with van der Waals surface area (Å²) in [5, 5.41) is 0. The maximum Gasteiger partial charge on any atom is 0.315 e. The van der Waals surface area contributed by atoms with Gasteiger partial charge in [0.15, 0.2) is 18.8 Å². The third kappa shape index (κ3) is 5.45. The fourth-order valence-electron chi connectivity index (χ4n) is 3.40. The summed E-state index contributed by atoms with van der Waals surface area (Å²) in [6.45, 7) is 4.23. The van der Waals surface area contributed by atoms with E-state index in [0.717, 1.165) is 32.4 Å². The Morgan fingerprint density at radius 3 is 2.62 bits per heavy atom. The topological polar surface area (TPSA) is 32.6 Å². The number of ether oxygens (including phenoxy) is 1. The Morgan fingerprint density at radius 2 is 1.96 bits per heavy atom. The van der Waals surface area contributed by atoms with Gasteiger partial charge in [-0.2, -0.15) is 0 Å². The third-order valence-electron chi connectivity index (χ3n) is 4.66. The molecule has 0 N–H and O–H groups in total. The lowest BCUT2D eigenvalue weighted by Gasteiger charge is -2.28. The van der Waals surface area contributed by atoms with E-state index in [1.54, 1.807) is 0 Å². The van der Waals surface area contributed by atoms with E-state index >= 15 is 0 Å². The quantitative estimate of drug-likeness (QED) is 0.437. The van der Waals surface area contributed by atoms with Crippen LogP contribution in [0.4, 0.5) is 0 Å². The lowest BCUT2D eigenvalue weighted by molar-refractivity contribution is -0.571. The first-order valence-corrected chi connectivity index (χ1v) is 9.09. The molecule has 0 spiro atoms. The highest BCUT2D eigenvalue weighted by atomic mass is 16.5. The van der Waals surface area contributed by atoms with Crippen molar-refractivity contribution in [2.45, 2.75) is 38.6 Å². The zero-order valence-corrected chi connectivity index (χ0v) is 15.3. The molecule has 0 bridgehead atoms. The van der Waals surface area contributed by atoms with Crippen molar-refractivity contribution in [1.29, 1.82) is 0 Å². The Hall–Kier alpha value is -1.68. The van der Waals surface area contributed by atoms with Crippen LogP contribution in [0.3, 0.4) is 0 Å². The van der Waals surface area contributed by atoms with E-state index in [9.17, 15) is 4.79 Å². The third-order valence-corrected chi connectivity index (χ3v) is 4.66. The smallest absolute Gasteiger partial charge is 0.315 e. The van der Waals surface area contributed by atoms with Gasteiger partial charge in [0.05, 0.1) is 13.2 Å². The van der Waals surface area contributed by atoms with Gasteiger partial charge in [0.1, 0.15) is 5.92 Å². The summed E-state index contributed by atoms with van der Waals surface area (Å²) in [6, 6.07) is 10.6. The molecule has 2 rings (SSSR count). The van der Waals surface area contributed by atoms with Gasteiger partial charge in [-0.25, -0.2) is 4.58 Å². The molecule has 0 radical (unpaired) electrons. The van der Waals surface area contributed by atoms with E-state index in [0.29, 0.717) is 6.61 Å². The zero-order valence-electron chi connectivity index (χ0n) is 15.3. The van der Waals surface area contributed by atoms with Gasteiger partial charge in [0.25, 0.3) is 0 Å². The van der Waals surface area contributed by atoms with Crippen LogP contribution in [0.25, 0.3) is 0 Å². The number of hydrogen-bond acceptors (Lipinski definition) is 3. The van der Waals surface area contributed by atoms with Gasteiger partial charge in [-0.3, -0.25) is 4.79 Å². The number of carbonyl (C=O) groups is 1. The minimum Gasteiger partial charge on any atom is -0.466 e. The molecule has 1 aromatic rings. The van der Waals surface area contributed by atoms with Crippen molar-refractivity contribution in [3.05, 3.63) is 35.9 Å². The van der Waals surface area contributed by atoms with Crippen molar-refractivity contribution in [2.75, 3.05) is 33.8 Å². The molecule has 1 aliphatic rings. The van der Waals surface area contributed by atoms with Crippen LogP contribution in [0, 0.1) is 5.92 Å². The second kappa shape index (κ2) is 9.58. The van der Waals surface area contributed by atoms with Gasteiger partial charge in [-0.05, 0) is 46.0 Å². The van der Waals surface area contributed by atoms with Gasteiger partial charge in [-0.1, -0.05) is 24.6 Å². The van der Waals surface area contributed by atoms with Crippen LogP contribution >= 0.6 is 0 Å². The molecule has 0 amide bonds. The van der Waals surface area contributed by atoms with E-state index in [4.69, 9.17) is 4.74 Å². The second-order valence-electron chi connectivity index (χ2n) is 6.79. The predicted molar refractivity (Wildman–Crippen MR) is 97.7 cm³/mol. The molecule has 1 aliphatic carbocycles. The summed E-state index contributed by atoms with van der Waals surface area (Å²) >= 11 is 0. The lowest BCUT2D eigenvalue weighted by Crippen LogP contribution is -2.43. The minimum absolute atomic E-state index is 0.0131. The van der Waals surface area contributed by atoms with Crippen LogP contribution in [-0.4, -0.2) is 61.5 Å². The summed E-state index contributed by atoms with van der Waals surface area (Å²) in [5.41, 5.74) is 1.18. The molecule has 24 heavy (non-hydrogen) atoms. The van der Waals surface area contributed by atoms with Crippen LogP contribution in [-0.2, 0) is 9.53 Å². The van der Waals surface area contributed by atoms with Crippen molar-refractivity contribution in [1.82, 2.24) is 4.90 Å². The number of benzene rings is 1. The van der Waals surface area contributed by atoms with E-state index in [-0.39, 0.29) is 17.9 Å². The Labute approximate surface area is 146 Å². The van der Waals surface area contributed by atoms with Gasteiger partial charge >= 0.3 is 5.97 Å². The van der Waals surface area contributed by atoms with Crippen molar-refractivity contribution in [3.63, 3.8) is 0 Å². The summed E-state index contributed by atoms with van der Waals surface area (Å²) in [5.74, 6) is -0.0423. The molecule has 0 heterocycles. The van der Waals surface area contributed by atoms with Crippen molar-refractivity contribution >= 4 is 12.2 Å². The first kappa shape index (κ1) is 18.7. The average molecular weight is 331 g/mol. The molecule has 0 saturated heterocycles. The first-order valence-electron chi connectivity index (χ1n) is 9.09. The minimum atomic E-state index is -0.0292. The summed E-state index contributed by atoms with van der Waals surface area (Å²) in [6.07, 6.45) is 6.51. The van der Waals surface area contributed by atoms with Crippen molar-refractivity contribution in [3.8, 4) is 0 Å². The Balaban J connectivity index is 2.25.